The molecule has 0 radical (unpaired) electrons. The molecule has 0 spiro atoms. The van der Waals surface area contributed by atoms with Crippen molar-refractivity contribution in [3.8, 4) is 89.8 Å². The van der Waals surface area contributed by atoms with Gasteiger partial charge in [-0.2, -0.15) is 0 Å². The summed E-state index contributed by atoms with van der Waals surface area (Å²) < 4.78 is 26.0. The summed E-state index contributed by atoms with van der Waals surface area (Å²) in [5.74, 6) is 8.72. The smallest absolute Gasteiger partial charge is 0.311 e. The van der Waals surface area contributed by atoms with E-state index in [4.69, 9.17) is 18.9 Å². The molecule has 4 aliphatic carbocycles. The van der Waals surface area contributed by atoms with E-state index in [9.17, 15) is 9.59 Å². The van der Waals surface area contributed by atoms with Crippen molar-refractivity contribution in [2.24, 2.45) is 23.7 Å². The molecule has 2 heterocycles. The first-order valence-corrected chi connectivity index (χ1v) is 47.4. The predicted octanol–water partition coefficient (Wildman–Crippen LogP) is 32.8. The van der Waals surface area contributed by atoms with Crippen LogP contribution in [-0.4, -0.2) is 25.2 Å². The van der Waals surface area contributed by atoms with E-state index in [1.165, 1.54) is 251 Å². The van der Waals surface area contributed by atoms with Crippen LogP contribution in [0.15, 0.2) is 218 Å². The second-order valence-electron chi connectivity index (χ2n) is 37.0. The lowest BCUT2D eigenvalue weighted by atomic mass is 9.77. The number of hydrogen-bond donors (Lipinski definition) is 0. The molecule has 0 atom stereocenters. The largest absolute Gasteiger partial charge is 0.493 e. The van der Waals surface area contributed by atoms with E-state index in [2.05, 4.69) is 234 Å². The van der Waals surface area contributed by atoms with Crippen LogP contribution in [0.5, 0.6) is 23.0 Å². The molecule has 4 saturated carbocycles. The molecule has 4 fully saturated rings. The minimum Gasteiger partial charge on any atom is -0.493 e. The molecule has 6 heteroatoms. The van der Waals surface area contributed by atoms with Crippen molar-refractivity contribution in [2.45, 2.75) is 270 Å². The normalized spacial score (nSPS) is 21.5. The quantitative estimate of drug-likeness (QED) is 0.0709. The lowest BCUT2D eigenvalue weighted by Crippen LogP contribution is -2.13. The number of rotatable bonds is 16. The molecule has 0 aromatic heterocycles. The molecule has 2 aliphatic heterocycles. The van der Waals surface area contributed by atoms with Crippen molar-refractivity contribution in [2.75, 3.05) is 13.2 Å². The van der Waals surface area contributed by atoms with Crippen LogP contribution in [0.2, 0.25) is 0 Å². The highest BCUT2D eigenvalue weighted by Gasteiger charge is 2.30. The van der Waals surface area contributed by atoms with Crippen molar-refractivity contribution in [1.29, 1.82) is 0 Å². The average molecular weight is 1590 g/mol. The first-order chi connectivity index (χ1) is 59.1. The summed E-state index contributed by atoms with van der Waals surface area (Å²) in [4.78, 5) is 26.8. The summed E-state index contributed by atoms with van der Waals surface area (Å²) in [6.07, 6.45) is 40.5. The summed E-state index contributed by atoms with van der Waals surface area (Å²) in [5, 5.41) is 8.82. The molecule has 0 saturated heterocycles. The Morgan fingerprint density at radius 2 is 0.475 bits per heavy atom. The third kappa shape index (κ3) is 19.3. The van der Waals surface area contributed by atoms with E-state index in [1.807, 2.05) is 12.1 Å². The van der Waals surface area contributed by atoms with Crippen LogP contribution in [0.3, 0.4) is 0 Å². The van der Waals surface area contributed by atoms with Crippen LogP contribution in [-0.2, 0) is 9.59 Å². The summed E-state index contributed by atoms with van der Waals surface area (Å²) in [7, 11) is 0. The number of carbonyl (C=O) groups excluding carboxylic acids is 2. The van der Waals surface area contributed by atoms with E-state index < -0.39 is 0 Å². The summed E-state index contributed by atoms with van der Waals surface area (Å²) in [6.45, 7) is 10.7. The van der Waals surface area contributed by atoms with E-state index in [0.717, 1.165) is 123 Å². The minimum absolute atomic E-state index is 0.260. The molecule has 120 heavy (non-hydrogen) atoms. The molecule has 6 aliphatic rings. The Hall–Kier alpha value is -9.78. The fourth-order valence-corrected chi connectivity index (χ4v) is 22.1. The van der Waals surface area contributed by atoms with Gasteiger partial charge in [-0.15, -0.1) is 0 Å². The fourth-order valence-electron chi connectivity index (χ4n) is 22.1. The molecule has 12 aromatic rings. The van der Waals surface area contributed by atoms with Gasteiger partial charge in [-0.05, 0) is 334 Å². The van der Waals surface area contributed by atoms with E-state index in [0.29, 0.717) is 60.9 Å². The van der Waals surface area contributed by atoms with Gasteiger partial charge in [0.25, 0.3) is 0 Å². The second kappa shape index (κ2) is 39.4. The van der Waals surface area contributed by atoms with Gasteiger partial charge in [0.1, 0.15) is 23.0 Å². The van der Waals surface area contributed by atoms with Gasteiger partial charge < -0.3 is 18.9 Å². The minimum atomic E-state index is -0.260. The van der Waals surface area contributed by atoms with Gasteiger partial charge in [-0.3, -0.25) is 9.59 Å². The molecule has 18 rings (SSSR count). The van der Waals surface area contributed by atoms with Crippen molar-refractivity contribution in [3.63, 3.8) is 0 Å². The molecular weight excluding hydrogens is 1470 g/mol. The topological polar surface area (TPSA) is 71.1 Å². The van der Waals surface area contributed by atoms with Gasteiger partial charge in [-0.25, -0.2) is 0 Å². The SMILES string of the molecule is CCCC1CCC(c2ccc(-c3ccc4c5c(ccc4c3)OC(=O)CCCCCC(=O)Oc3ccc4cc(-c6ccc(C7CCC(CCC)CC7)cc6)ccc4c3-5)cc2)CC1.CCCC1CCC(c2ccc(-c3ccc4c5c(ccc4c3)OCCCCCCCOc3ccc4cc(-c6ccc(C7CCC(CCC)CC7)cc6)ccc4c3-5)cc2)CC1. The van der Waals surface area contributed by atoms with Crippen LogP contribution in [0.1, 0.15) is 292 Å². The molecule has 6 nitrogen and oxygen atoms in total. The number of benzene rings is 12. The van der Waals surface area contributed by atoms with Crippen LogP contribution < -0.4 is 18.9 Å². The van der Waals surface area contributed by atoms with Gasteiger partial charge in [0, 0.05) is 35.1 Å². The predicted molar refractivity (Wildman–Crippen MR) is 502 cm³/mol. The lowest BCUT2D eigenvalue weighted by Gasteiger charge is -2.28. The van der Waals surface area contributed by atoms with Crippen LogP contribution in [0, 0.1) is 23.7 Å². The molecule has 0 unspecified atom stereocenters. The van der Waals surface area contributed by atoms with Gasteiger partial charge in [0.2, 0.25) is 0 Å². The van der Waals surface area contributed by atoms with Gasteiger partial charge in [0.05, 0.1) is 13.2 Å². The van der Waals surface area contributed by atoms with E-state index >= 15 is 0 Å². The fraction of sp³-hybridized carbons (Fsp3) is 0.421. The standard InChI is InChI=1S/C57H62O4.C57H66O2/c1-3-8-38-12-16-40(17-13-38)42-20-24-44(25-21-42)46-28-32-50-48(36-46)30-34-52-56(50)57-51-33-29-47(45-26-22-43(23-27-45)41-18-14-39(9-4-2)15-19-41)37-49(51)31-35-53(57)61-55(59)11-7-5-6-10-54(58)60-52;1-3-10-40-12-16-42(17-13-40)44-20-24-46(25-21-44)48-28-32-52-50(38-48)30-34-54-56(52)57-53-33-29-49(39-51(53)31-35-55(57)59-37-9-7-5-6-8-36-58-54)47-26-22-45(23-27-47)43-18-14-41(11-4-2)15-19-43/h20-41H,3-19H2,1-2H3;20-35,38-43H,3-19,36-37H2,1-2H3. The summed E-state index contributed by atoms with van der Waals surface area (Å²) in [6, 6.07) is 81.6. The third-order valence-corrected chi connectivity index (χ3v) is 29.0. The van der Waals surface area contributed by atoms with Crippen molar-refractivity contribution < 1.29 is 28.5 Å². The molecule has 620 valence electrons. The Kier molecular flexibility index (Phi) is 27.1. The number of ether oxygens (including phenoxy) is 4. The number of esters is 2. The van der Waals surface area contributed by atoms with E-state index in [1.54, 1.807) is 0 Å². The zero-order valence-electron chi connectivity index (χ0n) is 72.3. The highest BCUT2D eigenvalue weighted by atomic mass is 16.5. The summed E-state index contributed by atoms with van der Waals surface area (Å²) >= 11 is 0. The Morgan fingerprint density at radius 1 is 0.242 bits per heavy atom. The van der Waals surface area contributed by atoms with Crippen molar-refractivity contribution in [3.05, 3.63) is 241 Å². The van der Waals surface area contributed by atoms with Gasteiger partial charge in [0.15, 0.2) is 0 Å². The molecule has 0 N–H and O–H groups in total. The maximum absolute atomic E-state index is 13.4. The Balaban J connectivity index is 0.000000171. The van der Waals surface area contributed by atoms with Crippen LogP contribution in [0.25, 0.3) is 110 Å². The zero-order chi connectivity index (χ0) is 81.7. The number of fused-ring (bicyclic) bond motifs is 14. The number of carbonyl (C=O) groups is 2. The first-order valence-electron chi connectivity index (χ1n) is 47.4. The monoisotopic (exact) mass is 1590 g/mol. The Bertz CT molecular complexity index is 5120. The maximum atomic E-state index is 13.4. The second-order valence-corrected chi connectivity index (χ2v) is 37.0. The highest BCUT2D eigenvalue weighted by molar-refractivity contribution is 6.13. The Labute approximate surface area is 716 Å². The van der Waals surface area contributed by atoms with Crippen molar-refractivity contribution in [1.82, 2.24) is 0 Å². The van der Waals surface area contributed by atoms with Crippen molar-refractivity contribution >= 4 is 55.0 Å². The molecular formula is C114H128O6. The molecule has 12 aromatic carbocycles. The molecule has 0 amide bonds. The lowest BCUT2D eigenvalue weighted by molar-refractivity contribution is -0.135. The maximum Gasteiger partial charge on any atom is 0.311 e. The molecule has 0 bridgehead atoms. The first kappa shape index (κ1) is 82.5. The highest BCUT2D eigenvalue weighted by Crippen LogP contribution is 2.52. The van der Waals surface area contributed by atoms with Crippen LogP contribution in [0.4, 0.5) is 0 Å². The van der Waals surface area contributed by atoms with Gasteiger partial charge in [-0.1, -0.05) is 275 Å². The third-order valence-electron chi connectivity index (χ3n) is 29.0. The zero-order valence-corrected chi connectivity index (χ0v) is 72.3. The van der Waals surface area contributed by atoms with Crippen LogP contribution >= 0.6 is 0 Å². The Morgan fingerprint density at radius 3 is 0.742 bits per heavy atom. The van der Waals surface area contributed by atoms with Gasteiger partial charge >= 0.3 is 11.9 Å². The summed E-state index contributed by atoms with van der Waals surface area (Å²) in [5.41, 5.74) is 19.5. The number of hydrogen-bond acceptors (Lipinski definition) is 6. The van der Waals surface area contributed by atoms with E-state index in [-0.39, 0.29) is 11.9 Å². The average Bonchev–Trinajstić information content (AvgIpc) is 1.88.